The van der Waals surface area contributed by atoms with E-state index in [4.69, 9.17) is 9.97 Å². The summed E-state index contributed by atoms with van der Waals surface area (Å²) in [6.07, 6.45) is 1.54. The van der Waals surface area contributed by atoms with Crippen LogP contribution in [0.1, 0.15) is 47.2 Å². The molecule has 1 aliphatic heterocycles. The molecule has 0 fully saturated rings. The number of hydrogen-bond donors (Lipinski definition) is 0. The topological polar surface area (TPSA) is 37.2 Å². The predicted octanol–water partition coefficient (Wildman–Crippen LogP) is 35.7. The predicted molar refractivity (Wildman–Crippen MR) is 594 cm³/mol. The van der Waals surface area contributed by atoms with Crippen molar-refractivity contribution < 1.29 is 43.9 Å². The largest absolute Gasteiger partial charge is 0.252 e. The number of rotatable bonds is 14. The van der Waals surface area contributed by atoms with E-state index in [1.165, 1.54) is 132 Å². The third-order valence-corrected chi connectivity index (χ3v) is 29.6. The molecule has 4 heterocycles. The molecule has 0 spiro atoms. The van der Waals surface area contributed by atoms with E-state index in [2.05, 4.69) is 365 Å². The van der Waals surface area contributed by atoms with Crippen LogP contribution in [-0.4, -0.2) is 54.7 Å². The molecular formula is C129H85BBiF10N5PS. The van der Waals surface area contributed by atoms with E-state index in [9.17, 15) is 26.3 Å². The second-order valence-corrected chi connectivity index (χ2v) is 38.4. The number of para-hydroxylation sites is 4. The van der Waals surface area contributed by atoms with Gasteiger partial charge in [-0.2, -0.15) is 0 Å². The third-order valence-electron chi connectivity index (χ3n) is 28.2. The van der Waals surface area contributed by atoms with E-state index in [1.54, 1.807) is 36.4 Å². The van der Waals surface area contributed by atoms with E-state index in [-0.39, 0.29) is 57.9 Å². The molecule has 0 bridgehead atoms. The fourth-order valence-electron chi connectivity index (χ4n) is 21.5. The Morgan fingerprint density at radius 3 is 1.32 bits per heavy atom. The van der Waals surface area contributed by atoms with Crippen molar-refractivity contribution in [1.29, 1.82) is 0 Å². The minimum atomic E-state index is -2.63. The van der Waals surface area contributed by atoms with Gasteiger partial charge in [-0.1, -0.05) is 360 Å². The summed E-state index contributed by atoms with van der Waals surface area (Å²) < 4.78 is 151. The van der Waals surface area contributed by atoms with Gasteiger partial charge >= 0.3 is 26.2 Å². The number of halogens is 10. The Hall–Kier alpha value is -16.2. The summed E-state index contributed by atoms with van der Waals surface area (Å²) in [6.45, 7) is 4.70. The zero-order valence-corrected chi connectivity index (χ0v) is 85.8. The van der Waals surface area contributed by atoms with Crippen LogP contribution in [0, 0.1) is 52.4 Å². The van der Waals surface area contributed by atoms with Crippen LogP contribution in [0.25, 0.3) is 158 Å². The first kappa shape index (κ1) is 96.6. The molecule has 1 unspecified atom stereocenters. The number of thiophene rings is 1. The first-order valence-corrected chi connectivity index (χ1v) is 50.0. The van der Waals surface area contributed by atoms with Gasteiger partial charge in [0.2, 0.25) is 5.82 Å². The smallest absolute Gasteiger partial charge is 0.0979 e. The summed E-state index contributed by atoms with van der Waals surface area (Å²) >= 11 is 1.87. The van der Waals surface area contributed by atoms with Crippen LogP contribution in [0.2, 0.25) is 0 Å². The second-order valence-electron chi connectivity index (χ2n) is 36.7. The Labute approximate surface area is 873 Å². The molecule has 2 aliphatic rings. The van der Waals surface area contributed by atoms with Crippen molar-refractivity contribution in [3.8, 4) is 83.7 Å². The summed E-state index contributed by atoms with van der Waals surface area (Å²) in [5, 5.41) is 9.84. The van der Waals surface area contributed by atoms with Gasteiger partial charge in [0.15, 0.2) is 46.5 Å². The molecule has 21 aromatic carbocycles. The first-order valence-electron chi connectivity index (χ1n) is 47.9. The van der Waals surface area contributed by atoms with Gasteiger partial charge in [-0.05, 0) is 197 Å². The Morgan fingerprint density at radius 1 is 0.318 bits per heavy atom. The van der Waals surface area contributed by atoms with Crippen LogP contribution >= 0.6 is 19.8 Å². The minimum Gasteiger partial charge on any atom is -0.252 e. The molecule has 26 rings (SSSR count). The van der Waals surface area contributed by atoms with Crippen molar-refractivity contribution >= 4 is 162 Å². The van der Waals surface area contributed by atoms with Gasteiger partial charge in [-0.25, -0.2) is 48.9 Å². The van der Waals surface area contributed by atoms with E-state index >= 15 is 17.6 Å². The molecule has 715 valence electrons. The van der Waals surface area contributed by atoms with Crippen LogP contribution in [0.3, 0.4) is 0 Å². The maximum Gasteiger partial charge on any atom is 0.0979 e. The normalized spacial score (nSPS) is 12.5. The van der Waals surface area contributed by atoms with Gasteiger partial charge in [0.1, 0.15) is 13.3 Å². The quantitative estimate of drug-likeness (QED) is 0.0272. The molecule has 0 saturated carbocycles. The summed E-state index contributed by atoms with van der Waals surface area (Å²) in [7, 11) is 4.65. The Bertz CT molecular complexity index is 9080. The molecule has 19 heteroatoms. The number of benzene rings is 21. The Balaban J connectivity index is 0.000000124. The van der Waals surface area contributed by atoms with Crippen LogP contribution in [-0.2, 0) is 10.8 Å². The number of anilines is 6. The zero-order chi connectivity index (χ0) is 100. The second kappa shape index (κ2) is 40.3. The number of hydrogen-bond acceptors (Lipinski definition) is 5. The van der Waals surface area contributed by atoms with Crippen molar-refractivity contribution in [2.45, 2.75) is 24.7 Å². The van der Waals surface area contributed by atoms with E-state index in [0.29, 0.717) is 11.1 Å². The van der Waals surface area contributed by atoms with E-state index in [0.717, 1.165) is 71.7 Å². The molecule has 1 atom stereocenters. The summed E-state index contributed by atoms with van der Waals surface area (Å²) in [4.78, 5) is 13.5. The third kappa shape index (κ3) is 16.7. The van der Waals surface area contributed by atoms with Gasteiger partial charge in [-0.3, -0.25) is 4.98 Å². The average Bonchev–Trinajstić information content (AvgIpc) is 0.921. The molecular weight excluding hydrogens is 2090 g/mol. The van der Waals surface area contributed by atoms with Crippen molar-refractivity contribution in [3.05, 3.63) is 535 Å². The average molecular weight is 2180 g/mol. The maximum absolute atomic E-state index is 16.2. The monoisotopic (exact) mass is 2180 g/mol. The van der Waals surface area contributed by atoms with Gasteiger partial charge in [0, 0.05) is 75.4 Å². The molecule has 148 heavy (non-hydrogen) atoms. The Kier molecular flexibility index (Phi) is 26.3. The van der Waals surface area contributed by atoms with Crippen LogP contribution in [0.5, 0.6) is 0 Å². The Morgan fingerprint density at radius 2 is 0.723 bits per heavy atom. The fraction of sp³-hybridized carbons (Fsp3) is 0.0388. The number of aromatic nitrogens is 3. The molecule has 0 N–H and O–H groups in total. The number of fused-ring (bicyclic) bond motifs is 17. The van der Waals surface area contributed by atoms with Gasteiger partial charge in [0.25, 0.3) is 0 Å². The van der Waals surface area contributed by atoms with Crippen molar-refractivity contribution in [2.75, 3.05) is 16.2 Å². The summed E-state index contributed by atoms with van der Waals surface area (Å²) in [6, 6.07) is 152. The van der Waals surface area contributed by atoms with Gasteiger partial charge < -0.3 is 14.4 Å². The fourth-order valence-corrected chi connectivity index (χ4v) is 22.7. The van der Waals surface area contributed by atoms with Crippen molar-refractivity contribution in [1.82, 2.24) is 14.5 Å². The number of nitrogens with zero attached hydrogens (tertiary/aromatic N) is 5. The SMILES string of the molecule is CC1(C)c2ccccc2-c2ccc(N(c3ccc(-c4ccccc4)cc3)c3ccc(-c4ccc5c(c4)c4ccccc4n5-c4ccccc4)cc3)cc21.Fc1c(F)c(F)c(-c2c(F)c(F)c(N3c4ccccc4C(c4ccccc4)(c4ccccc4)c4ccccc43)c(F)c2F)c(F)c1F.[B]PCF.[BiH2].c1cc(-c2cccc(-c3cccc4c3sc3ccccc34)c2)cc(-c2cnc3c4ccccc4c4ccccc4c3n2)c1. The van der Waals surface area contributed by atoms with Gasteiger partial charge in [-0.15, -0.1) is 19.8 Å². The molecule has 1 aliphatic carbocycles. The van der Waals surface area contributed by atoms with E-state index < -0.39 is 74.6 Å². The maximum atomic E-state index is 16.2. The molecule has 5 nitrogen and oxygen atoms in total. The van der Waals surface area contributed by atoms with Crippen LogP contribution < -0.4 is 9.80 Å². The zero-order valence-electron chi connectivity index (χ0n) is 79.5. The molecule has 24 aromatic rings. The van der Waals surface area contributed by atoms with Crippen molar-refractivity contribution in [2.24, 2.45) is 0 Å². The summed E-state index contributed by atoms with van der Waals surface area (Å²) in [5.41, 5.74) is 21.8. The number of alkyl halides is 1. The van der Waals surface area contributed by atoms with Gasteiger partial charge in [0.05, 0.1) is 68.3 Å². The first-order chi connectivity index (χ1) is 71.9. The molecule has 0 saturated heterocycles. The standard InChI is InChI=1S/C51H38N2.C40H24N2S.C37H18F9N.CH3BFP.Bi.2H/c1-51(2)47-19-11-9-17-43(47)44-31-30-42(34-48(44)51)52(40-26-21-36(22-27-40)35-13-5-3-6-14-35)41-28-23-37(24-29-41)38-25-32-50-46(33-38)45-18-10-12-20-49(45)53(50)39-15-7-4-8-16-39;1-3-17-33-30(14-1)31-15-2-4-18-34(31)39-38(33)41-24-36(42-39)28-13-8-11-26(23-28)25-10-7-12-27(22-25)29-19-9-20-35-32-16-5-6-21-37(32)43-40(29)35;38-27-25(28(39)32(43)33(44)31(27)42)26-29(40)34(45)36(35(46)30(26)41)47-23-17-9-7-15-21(23)37(19-11-3-1-4-12-19,20-13-5-2-6-14-20)22-16-8-10-18-24(22)47;2-4-1-3;;;/h3-34H,1-2H3;1-24H;1-18H;4H,1H2;;;. The molecule has 3 aromatic heterocycles. The van der Waals surface area contributed by atoms with E-state index in [1.807, 2.05) is 78.2 Å². The van der Waals surface area contributed by atoms with Crippen LogP contribution in [0.4, 0.5) is 78.0 Å². The van der Waals surface area contributed by atoms with Crippen LogP contribution in [0.15, 0.2) is 449 Å². The molecule has 3 radical (unpaired) electrons. The summed E-state index contributed by atoms with van der Waals surface area (Å²) in [5.74, 6) is -22.0. The van der Waals surface area contributed by atoms with Crippen molar-refractivity contribution in [3.63, 3.8) is 0 Å². The minimum absolute atomic E-state index is 0. The molecule has 0 amide bonds.